The maximum absolute atomic E-state index is 12.5. The maximum atomic E-state index is 12.5. The molecule has 29 heavy (non-hydrogen) atoms. The second-order valence-corrected chi connectivity index (χ2v) is 6.81. The van der Waals surface area contributed by atoms with Gasteiger partial charge in [-0.25, -0.2) is 0 Å². The molecular weight excluding hydrogens is 368 g/mol. The van der Waals surface area contributed by atoms with Crippen molar-refractivity contribution in [3.05, 3.63) is 66.4 Å². The van der Waals surface area contributed by atoms with Crippen LogP contribution < -0.4 is 10.1 Å². The molecule has 1 heterocycles. The lowest BCUT2D eigenvalue weighted by atomic mass is 9.99. The van der Waals surface area contributed by atoms with Crippen LogP contribution in [-0.4, -0.2) is 36.7 Å². The Morgan fingerprint density at radius 2 is 1.90 bits per heavy atom. The molecule has 6 nitrogen and oxygen atoms in total. The van der Waals surface area contributed by atoms with Crippen molar-refractivity contribution in [1.29, 1.82) is 0 Å². The fourth-order valence-electron chi connectivity index (χ4n) is 3.29. The van der Waals surface area contributed by atoms with Crippen molar-refractivity contribution in [2.24, 2.45) is 5.92 Å². The van der Waals surface area contributed by atoms with E-state index >= 15 is 0 Å². The van der Waals surface area contributed by atoms with Crippen LogP contribution in [-0.2, 0) is 27.3 Å². The summed E-state index contributed by atoms with van der Waals surface area (Å²) >= 11 is 0. The van der Waals surface area contributed by atoms with Crippen LogP contribution >= 0.6 is 0 Å². The second kappa shape index (κ2) is 9.78. The molecule has 1 atom stereocenters. The third kappa shape index (κ3) is 5.38. The Morgan fingerprint density at radius 3 is 2.62 bits per heavy atom. The molecule has 0 saturated carbocycles. The van der Waals surface area contributed by atoms with Crippen molar-refractivity contribution < 1.29 is 19.1 Å². The van der Waals surface area contributed by atoms with E-state index in [1.54, 1.807) is 14.0 Å². The molecule has 0 bridgehead atoms. The van der Waals surface area contributed by atoms with Gasteiger partial charge in [-0.2, -0.15) is 0 Å². The van der Waals surface area contributed by atoms with Gasteiger partial charge in [-0.1, -0.05) is 30.3 Å². The molecule has 0 aliphatic carbocycles. The number of methoxy groups -OCH3 is 1. The van der Waals surface area contributed by atoms with Gasteiger partial charge in [0, 0.05) is 23.6 Å². The summed E-state index contributed by atoms with van der Waals surface area (Å²) in [7, 11) is 1.63. The molecular formula is C23H26N2O4. The van der Waals surface area contributed by atoms with Crippen molar-refractivity contribution in [2.45, 2.75) is 19.9 Å². The molecule has 152 valence electrons. The molecule has 1 amide bonds. The number of hydrogen-bond donors (Lipinski definition) is 1. The van der Waals surface area contributed by atoms with Gasteiger partial charge in [0.2, 0.25) is 5.91 Å². The van der Waals surface area contributed by atoms with E-state index in [-0.39, 0.29) is 25.0 Å². The molecule has 3 aromatic rings. The number of carbonyl (C=O) groups excluding carboxylic acids is 2. The molecule has 0 aliphatic heterocycles. The highest BCUT2D eigenvalue weighted by Gasteiger charge is 2.21. The van der Waals surface area contributed by atoms with Gasteiger partial charge in [-0.15, -0.1) is 0 Å². The van der Waals surface area contributed by atoms with Crippen LogP contribution in [0.5, 0.6) is 5.75 Å². The molecule has 6 heteroatoms. The van der Waals surface area contributed by atoms with Crippen molar-refractivity contribution in [3.63, 3.8) is 0 Å². The minimum Gasteiger partial charge on any atom is -0.497 e. The van der Waals surface area contributed by atoms with Crippen LogP contribution in [0, 0.1) is 5.92 Å². The molecule has 0 saturated heterocycles. The molecule has 1 aromatic heterocycles. The van der Waals surface area contributed by atoms with E-state index < -0.39 is 5.92 Å². The Bertz CT molecular complexity index is 965. The van der Waals surface area contributed by atoms with Gasteiger partial charge in [0.1, 0.15) is 12.3 Å². The Labute approximate surface area is 170 Å². The number of rotatable bonds is 9. The standard InChI is InChI=1S/C23H26N2O4/c1-3-29-23(27)19(13-17-7-5-4-6-8-17)15-24-22(26)16-25-12-11-18-14-20(28-2)9-10-21(18)25/h4-12,14,19H,3,13,15-16H2,1-2H3,(H,24,26). The van der Waals surface area contributed by atoms with Crippen molar-refractivity contribution >= 4 is 22.8 Å². The van der Waals surface area contributed by atoms with Crippen LogP contribution in [0.2, 0.25) is 0 Å². The first kappa shape index (κ1) is 20.5. The summed E-state index contributed by atoms with van der Waals surface area (Å²) in [5.41, 5.74) is 1.98. The summed E-state index contributed by atoms with van der Waals surface area (Å²) in [6.07, 6.45) is 2.39. The number of fused-ring (bicyclic) bond motifs is 1. The SMILES string of the molecule is CCOC(=O)C(CNC(=O)Cn1ccc2cc(OC)ccc21)Cc1ccccc1. The highest BCUT2D eigenvalue weighted by molar-refractivity contribution is 5.84. The van der Waals surface area contributed by atoms with E-state index in [9.17, 15) is 9.59 Å². The highest BCUT2D eigenvalue weighted by atomic mass is 16.5. The number of nitrogens with one attached hydrogen (secondary N) is 1. The summed E-state index contributed by atoms with van der Waals surface area (Å²) in [5, 5.41) is 3.89. The van der Waals surface area contributed by atoms with E-state index in [0.29, 0.717) is 13.0 Å². The number of benzene rings is 2. The molecule has 2 aromatic carbocycles. The zero-order chi connectivity index (χ0) is 20.6. The van der Waals surface area contributed by atoms with E-state index in [4.69, 9.17) is 9.47 Å². The summed E-state index contributed by atoms with van der Waals surface area (Å²) < 4.78 is 12.3. The van der Waals surface area contributed by atoms with Crippen LogP contribution in [0.25, 0.3) is 10.9 Å². The molecule has 0 aliphatic rings. The third-order valence-corrected chi connectivity index (χ3v) is 4.78. The summed E-state index contributed by atoms with van der Waals surface area (Å²) in [6.45, 7) is 2.51. The lowest BCUT2D eigenvalue weighted by Gasteiger charge is -2.17. The van der Waals surface area contributed by atoms with Gasteiger partial charge in [-0.05, 0) is 43.2 Å². The number of ether oxygens (including phenoxy) is 2. The lowest BCUT2D eigenvalue weighted by Crippen LogP contribution is -2.36. The molecule has 3 rings (SSSR count). The van der Waals surface area contributed by atoms with E-state index in [0.717, 1.165) is 22.2 Å². The fourth-order valence-corrected chi connectivity index (χ4v) is 3.29. The maximum Gasteiger partial charge on any atom is 0.311 e. The zero-order valence-corrected chi connectivity index (χ0v) is 16.8. The monoisotopic (exact) mass is 394 g/mol. The van der Waals surface area contributed by atoms with E-state index in [2.05, 4.69) is 5.32 Å². The van der Waals surface area contributed by atoms with Gasteiger partial charge in [0.25, 0.3) is 0 Å². The van der Waals surface area contributed by atoms with Gasteiger partial charge < -0.3 is 19.4 Å². The van der Waals surface area contributed by atoms with Crippen LogP contribution in [0.1, 0.15) is 12.5 Å². The van der Waals surface area contributed by atoms with Crippen molar-refractivity contribution in [2.75, 3.05) is 20.3 Å². The number of carbonyl (C=O) groups is 2. The normalized spacial score (nSPS) is 11.8. The summed E-state index contributed by atoms with van der Waals surface area (Å²) in [4.78, 5) is 24.8. The van der Waals surface area contributed by atoms with Gasteiger partial charge in [0.15, 0.2) is 0 Å². The highest BCUT2D eigenvalue weighted by Crippen LogP contribution is 2.21. The van der Waals surface area contributed by atoms with Crippen molar-refractivity contribution in [1.82, 2.24) is 9.88 Å². The minimum atomic E-state index is -0.424. The third-order valence-electron chi connectivity index (χ3n) is 4.78. The number of hydrogen-bond acceptors (Lipinski definition) is 4. The first-order valence-corrected chi connectivity index (χ1v) is 9.71. The smallest absolute Gasteiger partial charge is 0.311 e. The van der Waals surface area contributed by atoms with Crippen LogP contribution in [0.3, 0.4) is 0 Å². The van der Waals surface area contributed by atoms with E-state index in [1.165, 1.54) is 0 Å². The number of aromatic nitrogens is 1. The average Bonchev–Trinajstić information content (AvgIpc) is 3.13. The van der Waals surface area contributed by atoms with E-state index in [1.807, 2.05) is 65.4 Å². The summed E-state index contributed by atoms with van der Waals surface area (Å²) in [5.74, 6) is -0.0966. The van der Waals surface area contributed by atoms with Gasteiger partial charge in [-0.3, -0.25) is 9.59 Å². The zero-order valence-electron chi connectivity index (χ0n) is 16.8. The molecule has 0 fully saturated rings. The first-order chi connectivity index (χ1) is 14.1. The number of amides is 1. The van der Waals surface area contributed by atoms with Crippen LogP contribution in [0.4, 0.5) is 0 Å². The minimum absolute atomic E-state index is 0.152. The molecule has 1 unspecified atom stereocenters. The predicted molar refractivity (Wildman–Crippen MR) is 112 cm³/mol. The lowest BCUT2D eigenvalue weighted by molar-refractivity contribution is -0.147. The summed E-state index contributed by atoms with van der Waals surface area (Å²) in [6, 6.07) is 17.4. The number of nitrogens with zero attached hydrogens (tertiary/aromatic N) is 1. The molecule has 0 radical (unpaired) electrons. The topological polar surface area (TPSA) is 69.6 Å². The first-order valence-electron chi connectivity index (χ1n) is 9.71. The Morgan fingerprint density at radius 1 is 1.10 bits per heavy atom. The van der Waals surface area contributed by atoms with Crippen LogP contribution in [0.15, 0.2) is 60.8 Å². The Balaban J connectivity index is 1.63. The quantitative estimate of drug-likeness (QED) is 0.566. The second-order valence-electron chi connectivity index (χ2n) is 6.81. The van der Waals surface area contributed by atoms with Gasteiger partial charge >= 0.3 is 5.97 Å². The Kier molecular flexibility index (Phi) is 6.89. The predicted octanol–water partition coefficient (Wildman–Crippen LogP) is 3.19. The fraction of sp³-hybridized carbons (Fsp3) is 0.304. The average molecular weight is 394 g/mol. The largest absolute Gasteiger partial charge is 0.497 e. The molecule has 0 spiro atoms. The molecule has 1 N–H and O–H groups in total. The number of esters is 1. The Hall–Kier alpha value is -3.28. The van der Waals surface area contributed by atoms with Crippen molar-refractivity contribution in [3.8, 4) is 5.75 Å². The van der Waals surface area contributed by atoms with Gasteiger partial charge in [0.05, 0.1) is 19.6 Å².